The van der Waals surface area contributed by atoms with Gasteiger partial charge in [-0.15, -0.1) is 0 Å². The van der Waals surface area contributed by atoms with Crippen molar-refractivity contribution >= 4 is 39.9 Å². The van der Waals surface area contributed by atoms with Gasteiger partial charge in [0.2, 0.25) is 0 Å². The Balaban J connectivity index is 2.21. The van der Waals surface area contributed by atoms with E-state index in [1.807, 2.05) is 38.2 Å². The Morgan fingerprint density at radius 2 is 2.00 bits per heavy atom. The zero-order valence-corrected chi connectivity index (χ0v) is 11.4. The fourth-order valence-electron chi connectivity index (χ4n) is 2.28. The molecule has 1 aromatic carbocycles. The van der Waals surface area contributed by atoms with Crippen LogP contribution in [-0.2, 0) is 11.8 Å². The first-order valence-corrected chi connectivity index (χ1v) is 6.68. The Morgan fingerprint density at radius 1 is 1.26 bits per heavy atom. The summed E-state index contributed by atoms with van der Waals surface area (Å²) in [6.45, 7) is 2.01. The molecule has 0 bridgehead atoms. The molecule has 1 fully saturated rings. The summed E-state index contributed by atoms with van der Waals surface area (Å²) in [4.78, 5) is 23.3. The van der Waals surface area contributed by atoms with Crippen LogP contribution in [0.15, 0.2) is 29.2 Å². The lowest BCUT2D eigenvalue weighted by atomic mass is 10.1. The average Bonchev–Trinajstić information content (AvgIpc) is 2.83. The van der Waals surface area contributed by atoms with E-state index in [0.29, 0.717) is 4.91 Å². The second-order valence-corrected chi connectivity index (χ2v) is 5.44. The van der Waals surface area contributed by atoms with E-state index in [0.717, 1.165) is 33.9 Å². The Hall–Kier alpha value is -2.01. The van der Waals surface area contributed by atoms with Crippen LogP contribution in [0.5, 0.6) is 0 Å². The highest BCUT2D eigenvalue weighted by Gasteiger charge is 2.25. The van der Waals surface area contributed by atoms with Crippen molar-refractivity contribution in [2.24, 2.45) is 7.05 Å². The van der Waals surface area contributed by atoms with Crippen LogP contribution in [0.1, 0.15) is 11.3 Å². The maximum absolute atomic E-state index is 11.6. The molecule has 1 N–H and O–H groups in total. The molecule has 1 aliphatic heterocycles. The largest absolute Gasteiger partial charge is 0.347 e. The number of thioether (sulfide) groups is 1. The number of benzene rings is 1. The second-order valence-electron chi connectivity index (χ2n) is 4.43. The van der Waals surface area contributed by atoms with E-state index in [2.05, 4.69) is 9.88 Å². The molecule has 0 aliphatic carbocycles. The highest BCUT2D eigenvalue weighted by molar-refractivity contribution is 8.18. The number of amides is 2. The van der Waals surface area contributed by atoms with Gasteiger partial charge in [-0.25, -0.2) is 0 Å². The quantitative estimate of drug-likeness (QED) is 0.812. The summed E-state index contributed by atoms with van der Waals surface area (Å²) in [5.41, 5.74) is 3.17. The Bertz CT molecular complexity index is 743. The summed E-state index contributed by atoms with van der Waals surface area (Å²) in [6.07, 6.45) is 1.79. The number of carbonyl (C=O) groups is 2. The number of nitrogens with zero attached hydrogens (tertiary/aromatic N) is 1. The van der Waals surface area contributed by atoms with Crippen molar-refractivity contribution < 1.29 is 9.59 Å². The van der Waals surface area contributed by atoms with Crippen molar-refractivity contribution in [2.75, 3.05) is 0 Å². The topological polar surface area (TPSA) is 51.1 Å². The molecule has 1 aromatic heterocycles. The smallest absolute Gasteiger partial charge is 0.290 e. The van der Waals surface area contributed by atoms with E-state index in [-0.39, 0.29) is 11.1 Å². The summed E-state index contributed by atoms with van der Waals surface area (Å²) in [6, 6.07) is 8.02. The molecule has 1 saturated heterocycles. The molecule has 4 nitrogen and oxygen atoms in total. The maximum atomic E-state index is 11.6. The minimum Gasteiger partial charge on any atom is -0.347 e. The van der Waals surface area contributed by atoms with Gasteiger partial charge in [0.25, 0.3) is 11.1 Å². The van der Waals surface area contributed by atoms with Gasteiger partial charge in [-0.3, -0.25) is 14.9 Å². The molecule has 0 spiro atoms. The zero-order valence-electron chi connectivity index (χ0n) is 10.6. The first-order valence-electron chi connectivity index (χ1n) is 5.87. The van der Waals surface area contributed by atoms with Gasteiger partial charge in [-0.1, -0.05) is 18.2 Å². The number of aryl methyl sites for hydroxylation is 1. The highest BCUT2D eigenvalue weighted by atomic mass is 32.2. The third-order valence-corrected chi connectivity index (χ3v) is 4.18. The number of carbonyl (C=O) groups excluding carboxylic acids is 2. The number of hydrogen-bond donors (Lipinski definition) is 1. The van der Waals surface area contributed by atoms with Gasteiger partial charge in [0.05, 0.1) is 4.91 Å². The molecule has 0 unspecified atom stereocenters. The molecule has 96 valence electrons. The first kappa shape index (κ1) is 12.0. The maximum Gasteiger partial charge on any atom is 0.290 e. The fraction of sp³-hybridized carbons (Fsp3) is 0.143. The van der Waals surface area contributed by atoms with Crippen molar-refractivity contribution in [3.63, 3.8) is 0 Å². The van der Waals surface area contributed by atoms with Gasteiger partial charge in [0, 0.05) is 29.2 Å². The molecule has 19 heavy (non-hydrogen) atoms. The summed E-state index contributed by atoms with van der Waals surface area (Å²) in [5.74, 6) is -0.317. The molecule has 5 heteroatoms. The van der Waals surface area contributed by atoms with Gasteiger partial charge in [-0.05, 0) is 30.8 Å². The van der Waals surface area contributed by atoms with Crippen molar-refractivity contribution in [1.82, 2.24) is 9.88 Å². The first-order chi connectivity index (χ1) is 9.08. The molecule has 0 saturated carbocycles. The van der Waals surface area contributed by atoms with Crippen molar-refractivity contribution in [1.29, 1.82) is 0 Å². The molecule has 2 amide bonds. The van der Waals surface area contributed by atoms with E-state index in [4.69, 9.17) is 0 Å². The number of para-hydroxylation sites is 1. The summed E-state index contributed by atoms with van der Waals surface area (Å²) in [7, 11) is 1.99. The van der Waals surface area contributed by atoms with Crippen LogP contribution in [-0.4, -0.2) is 15.7 Å². The van der Waals surface area contributed by atoms with Crippen LogP contribution in [0, 0.1) is 6.92 Å². The van der Waals surface area contributed by atoms with Crippen LogP contribution in [0.3, 0.4) is 0 Å². The number of nitrogens with one attached hydrogen (secondary N) is 1. The lowest BCUT2D eigenvalue weighted by Crippen LogP contribution is -2.17. The molecular formula is C14H12N2O2S. The average molecular weight is 272 g/mol. The number of hydrogen-bond acceptors (Lipinski definition) is 3. The predicted octanol–water partition coefficient (Wildman–Crippen LogP) is 2.81. The number of fused-ring (bicyclic) bond motifs is 1. The van der Waals surface area contributed by atoms with Gasteiger partial charge < -0.3 is 4.57 Å². The zero-order chi connectivity index (χ0) is 13.6. The molecule has 0 atom stereocenters. The van der Waals surface area contributed by atoms with E-state index < -0.39 is 0 Å². The molecule has 1 aliphatic rings. The standard InChI is InChI=1S/C14H12N2O2S/c1-8-10(7-12-13(17)15-14(18)19-12)9-5-3-4-6-11(9)16(8)2/h3-7H,1-2H3,(H,15,17,18)/b12-7-. The molecule has 0 radical (unpaired) electrons. The number of imide groups is 1. The fourth-order valence-corrected chi connectivity index (χ4v) is 2.95. The second kappa shape index (κ2) is 4.28. The third-order valence-electron chi connectivity index (χ3n) is 3.37. The van der Waals surface area contributed by atoms with E-state index >= 15 is 0 Å². The summed E-state index contributed by atoms with van der Waals surface area (Å²) < 4.78 is 2.08. The van der Waals surface area contributed by atoms with E-state index in [9.17, 15) is 9.59 Å². The minimum atomic E-state index is -0.317. The van der Waals surface area contributed by atoms with Crippen LogP contribution < -0.4 is 5.32 Å². The lowest BCUT2D eigenvalue weighted by Gasteiger charge is -1.98. The monoisotopic (exact) mass is 272 g/mol. The Kier molecular flexibility index (Phi) is 2.71. The minimum absolute atomic E-state index is 0.311. The van der Waals surface area contributed by atoms with E-state index in [1.54, 1.807) is 6.08 Å². The summed E-state index contributed by atoms with van der Waals surface area (Å²) in [5, 5.41) is 3.05. The Morgan fingerprint density at radius 3 is 2.68 bits per heavy atom. The molecular weight excluding hydrogens is 260 g/mol. The van der Waals surface area contributed by atoms with Gasteiger partial charge in [0.1, 0.15) is 0 Å². The van der Waals surface area contributed by atoms with E-state index in [1.165, 1.54) is 0 Å². The van der Waals surface area contributed by atoms with Crippen molar-refractivity contribution in [3.05, 3.63) is 40.4 Å². The normalized spacial score (nSPS) is 17.5. The van der Waals surface area contributed by atoms with Crippen LogP contribution in [0.4, 0.5) is 4.79 Å². The van der Waals surface area contributed by atoms with Crippen LogP contribution in [0.2, 0.25) is 0 Å². The van der Waals surface area contributed by atoms with Crippen molar-refractivity contribution in [3.8, 4) is 0 Å². The van der Waals surface area contributed by atoms with Gasteiger partial charge in [-0.2, -0.15) is 0 Å². The van der Waals surface area contributed by atoms with Gasteiger partial charge in [0.15, 0.2) is 0 Å². The number of aromatic nitrogens is 1. The van der Waals surface area contributed by atoms with Gasteiger partial charge >= 0.3 is 0 Å². The molecule has 3 rings (SSSR count). The van der Waals surface area contributed by atoms with Crippen molar-refractivity contribution in [2.45, 2.75) is 6.92 Å². The highest BCUT2D eigenvalue weighted by Crippen LogP contribution is 2.31. The SMILES string of the molecule is Cc1c(/C=C2\SC(=O)NC2=O)c2ccccc2n1C. The third kappa shape index (κ3) is 1.86. The predicted molar refractivity (Wildman–Crippen MR) is 76.8 cm³/mol. The molecule has 2 heterocycles. The van der Waals surface area contributed by atoms with Crippen LogP contribution in [0.25, 0.3) is 17.0 Å². The summed E-state index contributed by atoms with van der Waals surface area (Å²) >= 11 is 0.947. The lowest BCUT2D eigenvalue weighted by molar-refractivity contribution is -0.115. The van der Waals surface area contributed by atoms with Crippen LogP contribution >= 0.6 is 11.8 Å². The Labute approximate surface area is 114 Å². The number of rotatable bonds is 1. The molecule has 2 aromatic rings.